The fraction of sp³-hybridized carbons (Fsp3) is 0.222. The average molecular weight is 504 g/mol. The smallest absolute Gasteiger partial charge is 0.322 e. The van der Waals surface area contributed by atoms with Crippen LogP contribution in [0.3, 0.4) is 0 Å². The summed E-state index contributed by atoms with van der Waals surface area (Å²) in [5.74, 6) is -1.65. The molecule has 0 fully saturated rings. The van der Waals surface area contributed by atoms with Crippen LogP contribution >= 0.6 is 31.9 Å². The van der Waals surface area contributed by atoms with Crippen molar-refractivity contribution in [2.45, 2.75) is 13.5 Å². The van der Waals surface area contributed by atoms with Gasteiger partial charge in [-0.05, 0) is 57.0 Å². The molecule has 0 radical (unpaired) electrons. The van der Waals surface area contributed by atoms with E-state index in [-0.39, 0.29) is 18.0 Å². The summed E-state index contributed by atoms with van der Waals surface area (Å²) in [6.45, 7) is 2.00. The summed E-state index contributed by atoms with van der Waals surface area (Å²) in [7, 11) is 0. The molecule has 0 aliphatic heterocycles. The summed E-state index contributed by atoms with van der Waals surface area (Å²) in [6.07, 6.45) is 0. The van der Waals surface area contributed by atoms with Gasteiger partial charge in [-0.25, -0.2) is 4.39 Å². The summed E-state index contributed by atoms with van der Waals surface area (Å²) in [5, 5.41) is 13.8. The lowest BCUT2D eigenvalue weighted by atomic mass is 10.2. The predicted molar refractivity (Wildman–Crippen MR) is 107 cm³/mol. The largest absolute Gasteiger partial charge is 0.486 e. The standard InChI is InChI=1S/C18H17Br2FN2O4/c1-2-22-14-5-3-4-10(16(14)21)9-27-17-12(19)6-11(7-13(17)20)18(26)23-8-15(24)25/h3-7,22H,2,8-9H2,1H3,(H,23,26)(H,24,25). The summed E-state index contributed by atoms with van der Waals surface area (Å²) in [6, 6.07) is 8.02. The molecule has 0 unspecified atom stereocenters. The molecule has 0 bridgehead atoms. The van der Waals surface area contributed by atoms with Crippen LogP contribution in [0.15, 0.2) is 39.3 Å². The van der Waals surface area contributed by atoms with E-state index in [9.17, 15) is 14.0 Å². The van der Waals surface area contributed by atoms with Crippen LogP contribution < -0.4 is 15.4 Å². The molecule has 0 aliphatic carbocycles. The molecule has 0 heterocycles. The zero-order valence-electron chi connectivity index (χ0n) is 14.3. The summed E-state index contributed by atoms with van der Waals surface area (Å²) in [5.41, 5.74) is 1.04. The molecule has 0 spiro atoms. The number of ether oxygens (including phenoxy) is 1. The van der Waals surface area contributed by atoms with Crippen LogP contribution in [0, 0.1) is 5.82 Å². The summed E-state index contributed by atoms with van der Waals surface area (Å²) in [4.78, 5) is 22.5. The van der Waals surface area contributed by atoms with Gasteiger partial charge in [0.25, 0.3) is 5.91 Å². The molecular formula is C18H17Br2FN2O4. The lowest BCUT2D eigenvalue weighted by Gasteiger charge is -2.14. The molecule has 3 N–H and O–H groups in total. The van der Waals surface area contributed by atoms with Crippen LogP contribution in [-0.2, 0) is 11.4 Å². The number of benzene rings is 2. The first-order valence-electron chi connectivity index (χ1n) is 7.96. The fourth-order valence-electron chi connectivity index (χ4n) is 2.25. The molecule has 1 amide bonds. The molecule has 2 aromatic rings. The third-order valence-electron chi connectivity index (χ3n) is 3.48. The minimum atomic E-state index is -1.14. The van der Waals surface area contributed by atoms with E-state index < -0.39 is 18.4 Å². The van der Waals surface area contributed by atoms with Crippen molar-refractivity contribution >= 4 is 49.4 Å². The highest BCUT2D eigenvalue weighted by atomic mass is 79.9. The molecule has 144 valence electrons. The highest BCUT2D eigenvalue weighted by Gasteiger charge is 2.15. The van der Waals surface area contributed by atoms with Crippen LogP contribution in [0.4, 0.5) is 10.1 Å². The topological polar surface area (TPSA) is 87.7 Å². The zero-order chi connectivity index (χ0) is 20.0. The summed E-state index contributed by atoms with van der Waals surface area (Å²) < 4.78 is 21.1. The van der Waals surface area contributed by atoms with Crippen molar-refractivity contribution in [3.63, 3.8) is 0 Å². The molecule has 0 saturated heterocycles. The van der Waals surface area contributed by atoms with E-state index in [1.165, 1.54) is 12.1 Å². The lowest BCUT2D eigenvalue weighted by molar-refractivity contribution is -0.135. The first-order valence-corrected chi connectivity index (χ1v) is 9.55. The van der Waals surface area contributed by atoms with E-state index in [0.29, 0.717) is 32.5 Å². The van der Waals surface area contributed by atoms with Gasteiger partial charge in [0.05, 0.1) is 14.6 Å². The van der Waals surface area contributed by atoms with E-state index in [0.717, 1.165) is 0 Å². The first-order chi connectivity index (χ1) is 12.8. The second kappa shape index (κ2) is 9.70. The average Bonchev–Trinajstić information content (AvgIpc) is 2.61. The van der Waals surface area contributed by atoms with Gasteiger partial charge in [0.15, 0.2) is 5.82 Å². The van der Waals surface area contributed by atoms with Crippen molar-refractivity contribution in [3.05, 3.63) is 56.2 Å². The molecule has 2 aromatic carbocycles. The Kier molecular flexibility index (Phi) is 7.61. The van der Waals surface area contributed by atoms with Gasteiger partial charge in [0, 0.05) is 17.7 Å². The molecule has 0 atom stereocenters. The molecule has 27 heavy (non-hydrogen) atoms. The molecule has 6 nitrogen and oxygen atoms in total. The van der Waals surface area contributed by atoms with Crippen molar-refractivity contribution < 1.29 is 23.8 Å². The minimum absolute atomic E-state index is 0.00712. The van der Waals surface area contributed by atoms with Crippen LogP contribution in [0.5, 0.6) is 5.75 Å². The number of hydrogen-bond acceptors (Lipinski definition) is 4. The molecule has 0 saturated carbocycles. The van der Waals surface area contributed by atoms with E-state index in [1.54, 1.807) is 18.2 Å². The molecule has 2 rings (SSSR count). The maximum absolute atomic E-state index is 14.4. The lowest BCUT2D eigenvalue weighted by Crippen LogP contribution is -2.29. The highest BCUT2D eigenvalue weighted by molar-refractivity contribution is 9.11. The number of halogens is 3. The van der Waals surface area contributed by atoms with Crippen molar-refractivity contribution in [2.75, 3.05) is 18.4 Å². The molecule has 9 heteroatoms. The Morgan fingerprint density at radius 2 is 1.89 bits per heavy atom. The zero-order valence-corrected chi connectivity index (χ0v) is 17.5. The number of amides is 1. The number of carbonyl (C=O) groups excluding carboxylic acids is 1. The third-order valence-corrected chi connectivity index (χ3v) is 4.66. The van der Waals surface area contributed by atoms with Gasteiger partial charge in [-0.2, -0.15) is 0 Å². The van der Waals surface area contributed by atoms with Gasteiger partial charge in [0.2, 0.25) is 0 Å². The Balaban J connectivity index is 2.15. The van der Waals surface area contributed by atoms with E-state index in [2.05, 4.69) is 42.5 Å². The van der Waals surface area contributed by atoms with Crippen LogP contribution in [0.1, 0.15) is 22.8 Å². The van der Waals surface area contributed by atoms with Gasteiger partial charge >= 0.3 is 5.97 Å². The monoisotopic (exact) mass is 502 g/mol. The second-order valence-electron chi connectivity index (χ2n) is 5.44. The number of rotatable bonds is 8. The predicted octanol–water partition coefficient (Wildman–Crippen LogP) is 4.18. The highest BCUT2D eigenvalue weighted by Crippen LogP contribution is 2.35. The summed E-state index contributed by atoms with van der Waals surface area (Å²) >= 11 is 6.64. The van der Waals surface area contributed by atoms with E-state index in [4.69, 9.17) is 9.84 Å². The number of aliphatic carboxylic acids is 1. The number of carboxylic acids is 1. The van der Waals surface area contributed by atoms with Crippen molar-refractivity contribution in [1.82, 2.24) is 5.32 Å². The Bertz CT molecular complexity index is 838. The van der Waals surface area contributed by atoms with Gasteiger partial charge in [-0.15, -0.1) is 0 Å². The number of nitrogens with one attached hydrogen (secondary N) is 2. The van der Waals surface area contributed by atoms with Crippen molar-refractivity contribution in [3.8, 4) is 5.75 Å². The third kappa shape index (κ3) is 5.67. The van der Waals surface area contributed by atoms with Crippen molar-refractivity contribution in [1.29, 1.82) is 0 Å². The van der Waals surface area contributed by atoms with Gasteiger partial charge in [-0.1, -0.05) is 12.1 Å². The molecule has 0 aromatic heterocycles. The maximum Gasteiger partial charge on any atom is 0.322 e. The number of anilines is 1. The Hall–Kier alpha value is -2.13. The molecular weight excluding hydrogens is 487 g/mol. The van der Waals surface area contributed by atoms with Crippen LogP contribution in [0.2, 0.25) is 0 Å². The van der Waals surface area contributed by atoms with Crippen molar-refractivity contribution in [2.24, 2.45) is 0 Å². The second-order valence-corrected chi connectivity index (χ2v) is 7.15. The first kappa shape index (κ1) is 21.2. The van der Waals surface area contributed by atoms with Crippen LogP contribution in [0.25, 0.3) is 0 Å². The Morgan fingerprint density at radius 3 is 2.48 bits per heavy atom. The minimum Gasteiger partial charge on any atom is -0.486 e. The maximum atomic E-state index is 14.4. The Morgan fingerprint density at radius 1 is 1.22 bits per heavy atom. The van der Waals surface area contributed by atoms with E-state index >= 15 is 0 Å². The number of carboxylic acid groups (broad SMARTS) is 1. The number of carbonyl (C=O) groups is 2. The SMILES string of the molecule is CCNc1cccc(COc2c(Br)cc(C(=O)NCC(=O)O)cc2Br)c1F. The van der Waals surface area contributed by atoms with Crippen LogP contribution in [-0.4, -0.2) is 30.1 Å². The fourth-order valence-corrected chi connectivity index (χ4v) is 3.67. The quantitative estimate of drug-likeness (QED) is 0.503. The van der Waals surface area contributed by atoms with Gasteiger partial charge in [0.1, 0.15) is 18.9 Å². The normalized spacial score (nSPS) is 10.4. The van der Waals surface area contributed by atoms with E-state index in [1.807, 2.05) is 6.92 Å². The molecule has 0 aliphatic rings. The Labute approximate surface area is 172 Å². The number of hydrogen-bond donors (Lipinski definition) is 3. The van der Waals surface area contributed by atoms with Gasteiger partial charge in [-0.3, -0.25) is 9.59 Å². The van der Waals surface area contributed by atoms with Gasteiger partial charge < -0.3 is 20.5 Å².